The zero-order chi connectivity index (χ0) is 93.8. The number of pyridine rings is 5. The molecule has 134 heavy (non-hydrogen) atoms. The van der Waals surface area contributed by atoms with Crippen LogP contribution in [0.1, 0.15) is 204 Å². The second kappa shape index (κ2) is 40.8. The Bertz CT molecular complexity index is 6070. The number of carbonyl (C=O) groups excluding carboxylic acids is 6. The summed E-state index contributed by atoms with van der Waals surface area (Å²) < 4.78 is 117. The van der Waals surface area contributed by atoms with Gasteiger partial charge in [0.2, 0.25) is 15.9 Å². The van der Waals surface area contributed by atoms with Crippen LogP contribution in [-0.2, 0) is 47.5 Å². The van der Waals surface area contributed by atoms with Gasteiger partial charge in [0.25, 0.3) is 29.5 Å². The van der Waals surface area contributed by atoms with Crippen LogP contribution in [0.15, 0.2) is 183 Å². The van der Waals surface area contributed by atoms with Crippen molar-refractivity contribution in [3.63, 3.8) is 0 Å². The Morgan fingerprint density at radius 3 is 1.27 bits per heavy atom. The van der Waals surface area contributed by atoms with Gasteiger partial charge in [-0.25, -0.2) is 12.8 Å². The summed E-state index contributed by atoms with van der Waals surface area (Å²) in [6.07, 6.45) is 21.5. The highest BCUT2D eigenvalue weighted by Gasteiger charge is 2.46. The number of aliphatic hydroxyl groups is 1. The number of carbonyl (C=O) groups is 6. The van der Waals surface area contributed by atoms with Gasteiger partial charge in [0.15, 0.2) is 88.0 Å². The molecule has 0 radical (unpaired) electrons. The zero-order valence-electron chi connectivity index (χ0n) is 73.4. The Labute approximate surface area is 770 Å². The van der Waals surface area contributed by atoms with E-state index in [1.165, 1.54) is 4.31 Å². The summed E-state index contributed by atoms with van der Waals surface area (Å²) in [5, 5.41) is 22.8. The largest absolute Gasteiger partial charge is 0.489 e. The van der Waals surface area contributed by atoms with Crippen LogP contribution >= 0.6 is 0 Å². The van der Waals surface area contributed by atoms with Gasteiger partial charge in [-0.2, -0.15) is 9.57 Å². The van der Waals surface area contributed by atoms with Crippen molar-refractivity contribution in [2.24, 2.45) is 22.9 Å². The molecule has 5 unspecified atom stereocenters. The number of likely N-dealkylation sites (tertiary alicyclic amines) is 1. The maximum atomic E-state index is 15.2. The number of ether oxygens (including phenoxy) is 13. The van der Waals surface area contributed by atoms with Crippen molar-refractivity contribution >= 4 is 45.5 Å². The summed E-state index contributed by atoms with van der Waals surface area (Å²) in [6.45, 7) is 6.79. The SMILES string of the molecule is CNC(=O)c1cccc2c1OCC(c1cncc(OC3CCN(C(C)=O)CC3)c1)O2.N#CC1(c2cncc(C3COc4c(cccc4C(N)=O)O3)c2)CC1.NC(=O)c1cccc2c1OCC(c1cncc(C3(F)CCOCC3)c1)O2.NC(=O)c1cccc2c1OCC(c1cncc(C3(O)CCOCC3)c1)O2.NC(=O)c1cccc2c1OCC(c1cncc(CN3CCCCS3(=O)=O)c1)O2. The van der Waals surface area contributed by atoms with E-state index in [0.717, 1.165) is 76.6 Å². The Balaban J connectivity index is 0.000000122. The van der Waals surface area contributed by atoms with Crippen molar-refractivity contribution in [1.29, 1.82) is 5.26 Å². The van der Waals surface area contributed by atoms with E-state index >= 15 is 4.39 Å². The molecular formula is C97H100FN13O22S. The molecule has 1 saturated carbocycles. The molecule has 10 aromatic rings. The van der Waals surface area contributed by atoms with Crippen LogP contribution < -0.4 is 80.4 Å². The Kier molecular flexibility index (Phi) is 28.3. The number of nitrogens with one attached hydrogen (secondary N) is 1. The van der Waals surface area contributed by atoms with E-state index in [-0.39, 0.29) is 86.1 Å². The second-order valence-corrected chi connectivity index (χ2v) is 35.6. The summed E-state index contributed by atoms with van der Waals surface area (Å²) in [7, 11) is -1.63. The van der Waals surface area contributed by atoms with Gasteiger partial charge in [-0.3, -0.25) is 53.7 Å². The van der Waals surface area contributed by atoms with Gasteiger partial charge in [0, 0.05) is 200 Å². The molecule has 0 spiro atoms. The van der Waals surface area contributed by atoms with Gasteiger partial charge in [0.05, 0.1) is 56.9 Å². The molecule has 0 bridgehead atoms. The molecule has 4 saturated heterocycles. The van der Waals surface area contributed by atoms with Crippen LogP contribution in [0.3, 0.4) is 0 Å². The maximum absolute atomic E-state index is 15.2. The minimum absolute atomic E-state index is 0.0528. The number of hydrogen-bond acceptors (Lipinski definition) is 28. The number of hydrogen-bond donors (Lipinski definition) is 6. The molecule has 1 aliphatic carbocycles. The Morgan fingerprint density at radius 2 is 0.858 bits per heavy atom. The molecule has 37 heteroatoms. The van der Waals surface area contributed by atoms with E-state index in [1.54, 1.807) is 173 Å². The van der Waals surface area contributed by atoms with E-state index in [0.29, 0.717) is 170 Å². The van der Waals surface area contributed by atoms with Gasteiger partial charge >= 0.3 is 0 Å². The predicted octanol–water partition coefficient (Wildman–Crippen LogP) is 10.6. The van der Waals surface area contributed by atoms with Gasteiger partial charge in [-0.15, -0.1) is 0 Å². The average Bonchev–Trinajstić information content (AvgIpc) is 1.63. The smallest absolute Gasteiger partial charge is 0.254 e. The molecule has 5 fully saturated rings. The molecule has 35 nitrogen and oxygen atoms in total. The van der Waals surface area contributed by atoms with Crippen LogP contribution in [0.4, 0.5) is 4.39 Å². The lowest BCUT2D eigenvalue weighted by molar-refractivity contribution is -0.130. The van der Waals surface area contributed by atoms with Gasteiger partial charge in [-0.05, 0) is 128 Å². The first-order chi connectivity index (χ1) is 64.7. The van der Waals surface area contributed by atoms with Gasteiger partial charge in [0.1, 0.15) is 50.6 Å². The van der Waals surface area contributed by atoms with Gasteiger partial charge < -0.3 is 99.8 Å². The lowest BCUT2D eigenvalue weighted by Gasteiger charge is -2.33. The van der Waals surface area contributed by atoms with E-state index in [4.69, 9.17) is 84.5 Å². The topological polar surface area (TPSA) is 488 Å². The highest BCUT2D eigenvalue weighted by molar-refractivity contribution is 7.89. The number of piperidine rings is 1. The van der Waals surface area contributed by atoms with E-state index in [1.807, 2.05) is 29.2 Å². The number of amides is 6. The molecule has 698 valence electrons. The Morgan fingerprint density at radius 1 is 0.485 bits per heavy atom. The number of nitrogens with two attached hydrogens (primary N) is 4. The second-order valence-electron chi connectivity index (χ2n) is 33.5. The first-order valence-corrected chi connectivity index (χ1v) is 45.5. The monoisotopic (exact) mass is 1850 g/mol. The third kappa shape index (κ3) is 21.2. The summed E-state index contributed by atoms with van der Waals surface area (Å²) in [5.74, 6) is 2.69. The molecule has 6 amide bonds. The van der Waals surface area contributed by atoms with Crippen molar-refractivity contribution in [2.75, 3.05) is 91.9 Å². The molecule has 5 aromatic heterocycles. The summed E-state index contributed by atoms with van der Waals surface area (Å²) in [4.78, 5) is 92.6. The number of halogens is 1. The lowest BCUT2D eigenvalue weighted by atomic mass is 9.86. The Hall–Kier alpha value is -14.3. The summed E-state index contributed by atoms with van der Waals surface area (Å²) in [6, 6.07) is 37.1. The molecule has 5 aromatic carbocycles. The highest BCUT2D eigenvalue weighted by atomic mass is 32.2. The first kappa shape index (κ1) is 92.9. The first-order valence-electron chi connectivity index (χ1n) is 43.9. The van der Waals surface area contributed by atoms with E-state index in [9.17, 15) is 47.6 Å². The van der Waals surface area contributed by atoms with Crippen molar-refractivity contribution in [1.82, 2.24) is 39.4 Å². The molecular weight excluding hydrogens is 1750 g/mol. The van der Waals surface area contributed by atoms with Crippen molar-refractivity contribution in [2.45, 2.75) is 131 Å². The van der Waals surface area contributed by atoms with Crippen molar-refractivity contribution in [3.8, 4) is 69.3 Å². The number of primary amides is 4. The normalized spacial score (nSPS) is 20.4. The fraction of sp³-hybridized carbons (Fsp3) is 0.361. The number of rotatable bonds is 17. The molecule has 10 aliphatic rings. The van der Waals surface area contributed by atoms with E-state index < -0.39 is 62.5 Å². The van der Waals surface area contributed by atoms with Crippen LogP contribution in [0, 0.1) is 11.3 Å². The number of sulfonamides is 1. The van der Waals surface area contributed by atoms with Crippen LogP contribution in [0.2, 0.25) is 0 Å². The predicted molar refractivity (Wildman–Crippen MR) is 478 cm³/mol. The number of fused-ring (bicyclic) bond motifs is 5. The third-order valence-electron chi connectivity index (χ3n) is 24.5. The minimum atomic E-state index is -3.21. The van der Waals surface area contributed by atoms with E-state index in [2.05, 4.69) is 36.3 Å². The fourth-order valence-electron chi connectivity index (χ4n) is 16.8. The van der Waals surface area contributed by atoms with Crippen LogP contribution in [0.25, 0.3) is 0 Å². The summed E-state index contributed by atoms with van der Waals surface area (Å²) in [5.41, 5.74) is 27.3. The van der Waals surface area contributed by atoms with Crippen LogP contribution in [-0.4, -0.2) is 181 Å². The maximum Gasteiger partial charge on any atom is 0.254 e. The average molecular weight is 1850 g/mol. The number of aromatic nitrogens is 5. The highest BCUT2D eigenvalue weighted by Crippen LogP contribution is 2.50. The third-order valence-corrected chi connectivity index (χ3v) is 26.4. The zero-order valence-corrected chi connectivity index (χ0v) is 74.3. The lowest BCUT2D eigenvalue weighted by Crippen LogP contribution is -2.40. The molecule has 5 atom stereocenters. The number of para-hydroxylation sites is 5. The number of alkyl halides is 1. The number of nitrogens with zero attached hydrogens (tertiary/aromatic N) is 8. The molecule has 14 heterocycles. The molecule has 20 rings (SSSR count). The van der Waals surface area contributed by atoms with Gasteiger partial charge in [-0.1, -0.05) is 30.3 Å². The van der Waals surface area contributed by atoms with Crippen molar-refractivity contribution in [3.05, 3.63) is 261 Å². The van der Waals surface area contributed by atoms with Crippen LogP contribution in [0.5, 0.6) is 63.2 Å². The number of benzene rings is 5. The quantitative estimate of drug-likeness (QED) is 0.0493. The van der Waals surface area contributed by atoms with Crippen molar-refractivity contribution < 1.29 is 108 Å². The molecule has 9 aliphatic heterocycles. The fourth-order valence-corrected chi connectivity index (χ4v) is 18.4. The molecule has 10 N–H and O–H groups in total. The number of nitriles is 1. The minimum Gasteiger partial charge on any atom is -0.489 e. The standard InChI is InChI=1S/C22H25N3O5.C19H19FN2O4.C19H21N3O5S.C19H20N2O5.C18H15N3O3/c1-14(26)25-8-6-16(7-9-25)29-17-10-15(11-24-12-17)20-13-28-21-18(22(27)23-2)4-3-5-19(21)30-20;20-19(4-6-24-7-5-19)13-8-12(9-22-10-13)16-11-25-17-14(18(21)23)2-1-3-15(17)26-16;20-19(23)15-4-3-5-16-18(15)26-12-17(27-16)14-8-13(9-21-10-14)11-22-6-1-2-7-28(22,24)25;20-18(22)14-2-1-3-15-17(14)25-11-16(26-15)12-8-13(10-21-9-12)19(23)4-6-24-7-5-19;19-10-18(4-5-18)12-6-11(7-21-8-12)15-9-23-16-13(17(20)22)2-1-3-14(16)24-15/h3-5,10-12,16,20H,6-9,13H2,1-2H3,(H,23,27);1-3,8-10,16H,4-7,11H2,(H2,21,23);3-5,8-10,17H,1-2,6-7,11-12H2,(H2,20,23);1-3,8-10,16,23H,4-7,11H2,(H2,20,22);1-3,6-8,15H,4-5,9H2,(H2,20,22). The summed E-state index contributed by atoms with van der Waals surface area (Å²) >= 11 is 0.